The maximum atomic E-state index is 13.9. The number of rotatable bonds is 4. The number of ketones is 1. The van der Waals surface area contributed by atoms with Crippen molar-refractivity contribution in [1.82, 2.24) is 9.97 Å². The number of carbonyl (C=O) groups excluding carboxylic acids is 2. The van der Waals surface area contributed by atoms with Crippen LogP contribution in [0.3, 0.4) is 0 Å². The lowest BCUT2D eigenvalue weighted by Gasteiger charge is -2.03. The Labute approximate surface area is 149 Å². The Morgan fingerprint density at radius 1 is 1.16 bits per heavy atom. The van der Waals surface area contributed by atoms with Gasteiger partial charge in [0.1, 0.15) is 11.5 Å². The first-order chi connectivity index (χ1) is 12.0. The molecule has 1 aromatic carbocycles. The molecule has 1 amide bonds. The van der Waals surface area contributed by atoms with Crippen molar-refractivity contribution in [1.29, 1.82) is 0 Å². The zero-order valence-electron chi connectivity index (χ0n) is 12.5. The lowest BCUT2D eigenvalue weighted by Crippen LogP contribution is -2.12. The molecule has 25 heavy (non-hydrogen) atoms. The fraction of sp³-hybridized carbons (Fsp3) is 0. The number of hydrogen-bond acceptors (Lipinski definition) is 3. The van der Waals surface area contributed by atoms with Crippen LogP contribution in [-0.2, 0) is 0 Å². The van der Waals surface area contributed by atoms with E-state index in [-0.39, 0.29) is 16.8 Å². The molecule has 0 spiro atoms. The summed E-state index contributed by atoms with van der Waals surface area (Å²) in [7, 11) is 0. The monoisotopic (exact) mass is 405 g/mol. The van der Waals surface area contributed by atoms with Gasteiger partial charge in [0.05, 0.1) is 17.4 Å². The number of pyridine rings is 1. The number of aromatic amines is 1. The highest BCUT2D eigenvalue weighted by Gasteiger charge is 2.20. The van der Waals surface area contributed by atoms with Gasteiger partial charge in [-0.3, -0.25) is 9.59 Å². The highest BCUT2D eigenvalue weighted by Crippen LogP contribution is 2.23. The Balaban J connectivity index is 1.81. The van der Waals surface area contributed by atoms with E-state index in [0.717, 1.165) is 6.07 Å². The number of H-pyrrole nitrogens is 1. The number of aromatic nitrogens is 2. The van der Waals surface area contributed by atoms with Crippen molar-refractivity contribution in [2.45, 2.75) is 0 Å². The lowest BCUT2D eigenvalue weighted by molar-refractivity contribution is 0.102. The maximum absolute atomic E-state index is 13.9. The summed E-state index contributed by atoms with van der Waals surface area (Å²) in [6.45, 7) is 0. The van der Waals surface area contributed by atoms with Crippen molar-refractivity contribution >= 4 is 33.3 Å². The normalized spacial score (nSPS) is 10.5. The van der Waals surface area contributed by atoms with Crippen molar-refractivity contribution in [3.8, 4) is 0 Å². The molecular formula is C17H10BrF2N3O2. The van der Waals surface area contributed by atoms with Crippen LogP contribution >= 0.6 is 15.9 Å². The summed E-state index contributed by atoms with van der Waals surface area (Å²) >= 11 is 3.14. The van der Waals surface area contributed by atoms with Crippen LogP contribution in [0.2, 0.25) is 0 Å². The number of benzene rings is 1. The van der Waals surface area contributed by atoms with Crippen molar-refractivity contribution < 1.29 is 18.4 Å². The van der Waals surface area contributed by atoms with Crippen molar-refractivity contribution in [2.24, 2.45) is 0 Å². The average Bonchev–Trinajstić information content (AvgIpc) is 3.07. The molecule has 0 atom stereocenters. The highest BCUT2D eigenvalue weighted by molar-refractivity contribution is 9.10. The molecule has 2 N–H and O–H groups in total. The van der Waals surface area contributed by atoms with Crippen molar-refractivity contribution in [3.05, 3.63) is 81.9 Å². The quantitative estimate of drug-likeness (QED) is 0.509. The van der Waals surface area contributed by atoms with Crippen LogP contribution in [0.1, 0.15) is 26.4 Å². The van der Waals surface area contributed by atoms with Crippen LogP contribution in [0.4, 0.5) is 14.5 Å². The molecule has 0 aliphatic rings. The van der Waals surface area contributed by atoms with E-state index in [4.69, 9.17) is 0 Å². The molecule has 0 fully saturated rings. The summed E-state index contributed by atoms with van der Waals surface area (Å²) in [5.41, 5.74) is 0.412. The molecule has 126 valence electrons. The summed E-state index contributed by atoms with van der Waals surface area (Å²) < 4.78 is 27.0. The second-order valence-corrected chi connectivity index (χ2v) is 5.91. The van der Waals surface area contributed by atoms with E-state index in [0.29, 0.717) is 10.2 Å². The number of amides is 1. The van der Waals surface area contributed by atoms with Gasteiger partial charge in [0.15, 0.2) is 5.78 Å². The fourth-order valence-corrected chi connectivity index (χ4v) is 2.69. The Bertz CT molecular complexity index is 935. The maximum Gasteiger partial charge on any atom is 0.272 e. The van der Waals surface area contributed by atoms with Gasteiger partial charge in [0, 0.05) is 16.2 Å². The van der Waals surface area contributed by atoms with Crippen LogP contribution in [0.25, 0.3) is 0 Å². The molecule has 0 aliphatic heterocycles. The van der Waals surface area contributed by atoms with Crippen molar-refractivity contribution in [2.75, 3.05) is 5.32 Å². The van der Waals surface area contributed by atoms with E-state index in [1.807, 2.05) is 0 Å². The van der Waals surface area contributed by atoms with E-state index >= 15 is 0 Å². The van der Waals surface area contributed by atoms with Crippen LogP contribution in [0.15, 0.2) is 53.3 Å². The summed E-state index contributed by atoms with van der Waals surface area (Å²) in [6.07, 6.45) is 2.48. The zero-order chi connectivity index (χ0) is 18.0. The molecule has 0 radical (unpaired) electrons. The lowest BCUT2D eigenvalue weighted by atomic mass is 10.1. The van der Waals surface area contributed by atoms with E-state index < -0.39 is 23.5 Å². The summed E-state index contributed by atoms with van der Waals surface area (Å²) in [5.74, 6) is -2.44. The molecule has 2 aromatic heterocycles. The third kappa shape index (κ3) is 3.63. The van der Waals surface area contributed by atoms with E-state index in [1.165, 1.54) is 36.7 Å². The minimum Gasteiger partial charge on any atom is -0.356 e. The number of nitrogens with one attached hydrogen (secondary N) is 2. The van der Waals surface area contributed by atoms with Gasteiger partial charge in [-0.1, -0.05) is 6.07 Å². The minimum absolute atomic E-state index is 0.0973. The highest BCUT2D eigenvalue weighted by atomic mass is 79.9. The van der Waals surface area contributed by atoms with Crippen molar-refractivity contribution in [3.63, 3.8) is 0 Å². The van der Waals surface area contributed by atoms with Gasteiger partial charge >= 0.3 is 0 Å². The molecule has 0 unspecified atom stereocenters. The fourth-order valence-electron chi connectivity index (χ4n) is 2.16. The largest absolute Gasteiger partial charge is 0.356 e. The first-order valence-corrected chi connectivity index (χ1v) is 7.85. The third-order valence-electron chi connectivity index (χ3n) is 3.36. The molecule has 8 heteroatoms. The number of carbonyl (C=O) groups is 2. The average molecular weight is 406 g/mol. The first kappa shape index (κ1) is 17.0. The Kier molecular flexibility index (Phi) is 4.71. The van der Waals surface area contributed by atoms with Gasteiger partial charge in [-0.05, 0) is 46.3 Å². The topological polar surface area (TPSA) is 74.8 Å². The Hall–Kier alpha value is -2.87. The van der Waals surface area contributed by atoms with Crippen LogP contribution in [0, 0.1) is 11.8 Å². The number of anilines is 1. The Morgan fingerprint density at radius 3 is 2.64 bits per heavy atom. The standard InChI is InChI=1S/C17H10BrF2N3O2/c18-11-2-1-3-12(19)15(11)16(24)9-6-13(21-7-9)17(25)23-10-4-5-14(20)22-8-10/h1-8,21H,(H,23,25). The van der Waals surface area contributed by atoms with Gasteiger partial charge < -0.3 is 10.3 Å². The van der Waals surface area contributed by atoms with Gasteiger partial charge in [-0.2, -0.15) is 4.39 Å². The molecule has 3 aromatic rings. The second-order valence-electron chi connectivity index (χ2n) is 5.05. The van der Waals surface area contributed by atoms with Crippen LogP contribution in [-0.4, -0.2) is 21.7 Å². The summed E-state index contributed by atoms with van der Waals surface area (Å²) in [5, 5.41) is 2.51. The number of halogens is 3. The van der Waals surface area contributed by atoms with Gasteiger partial charge in [-0.25, -0.2) is 9.37 Å². The molecule has 0 saturated heterocycles. The van der Waals surface area contributed by atoms with E-state index in [2.05, 4.69) is 31.2 Å². The molecule has 0 saturated carbocycles. The molecule has 0 aliphatic carbocycles. The second kappa shape index (κ2) is 6.94. The van der Waals surface area contributed by atoms with Gasteiger partial charge in [0.25, 0.3) is 5.91 Å². The zero-order valence-corrected chi connectivity index (χ0v) is 14.1. The van der Waals surface area contributed by atoms with Crippen LogP contribution < -0.4 is 5.32 Å². The third-order valence-corrected chi connectivity index (χ3v) is 4.03. The smallest absolute Gasteiger partial charge is 0.272 e. The predicted molar refractivity (Wildman–Crippen MR) is 90.5 cm³/mol. The van der Waals surface area contributed by atoms with E-state index in [1.54, 1.807) is 6.07 Å². The molecule has 0 bridgehead atoms. The molecular weight excluding hydrogens is 396 g/mol. The summed E-state index contributed by atoms with van der Waals surface area (Å²) in [4.78, 5) is 30.7. The summed E-state index contributed by atoms with van der Waals surface area (Å²) in [6, 6.07) is 7.98. The first-order valence-electron chi connectivity index (χ1n) is 7.06. The predicted octanol–water partition coefficient (Wildman–Crippen LogP) is 3.93. The molecule has 3 rings (SSSR count). The van der Waals surface area contributed by atoms with Gasteiger partial charge in [0.2, 0.25) is 5.95 Å². The van der Waals surface area contributed by atoms with Gasteiger partial charge in [-0.15, -0.1) is 0 Å². The SMILES string of the molecule is O=C(Nc1ccc(F)nc1)c1cc(C(=O)c2c(F)cccc2Br)c[nH]1. The van der Waals surface area contributed by atoms with Crippen LogP contribution in [0.5, 0.6) is 0 Å². The van der Waals surface area contributed by atoms with E-state index in [9.17, 15) is 18.4 Å². The molecule has 2 heterocycles. The number of nitrogens with zero attached hydrogens (tertiary/aromatic N) is 1. The Morgan fingerprint density at radius 2 is 1.96 bits per heavy atom. The number of hydrogen-bond donors (Lipinski definition) is 2. The minimum atomic E-state index is -0.666. The molecule has 5 nitrogen and oxygen atoms in total.